The van der Waals surface area contributed by atoms with Gasteiger partial charge >= 0.3 is 0 Å². The maximum atomic E-state index is 6.69. The number of aliphatic imine (C=N–C) groups is 1. The van der Waals surface area contributed by atoms with Gasteiger partial charge in [0.1, 0.15) is 16.7 Å². The minimum atomic E-state index is -0.476. The molecule has 2 aromatic carbocycles. The fourth-order valence-corrected chi connectivity index (χ4v) is 5.06. The lowest BCUT2D eigenvalue weighted by atomic mass is 9.87. The van der Waals surface area contributed by atoms with Gasteiger partial charge in [-0.05, 0) is 35.2 Å². The van der Waals surface area contributed by atoms with Crippen molar-refractivity contribution < 1.29 is 0 Å². The molecule has 0 fully saturated rings. The summed E-state index contributed by atoms with van der Waals surface area (Å²) < 4.78 is 0. The Morgan fingerprint density at radius 1 is 1.00 bits per heavy atom. The average Bonchev–Trinajstić information content (AvgIpc) is 2.98. The highest BCUT2D eigenvalue weighted by Gasteiger charge is 2.40. The van der Waals surface area contributed by atoms with Gasteiger partial charge < -0.3 is 21.3 Å². The van der Waals surface area contributed by atoms with Crippen LogP contribution in [0.1, 0.15) is 26.3 Å². The van der Waals surface area contributed by atoms with Crippen LogP contribution in [0.5, 0.6) is 0 Å². The van der Waals surface area contributed by atoms with Crippen molar-refractivity contribution in [2.45, 2.75) is 37.8 Å². The third kappa shape index (κ3) is 3.64. The van der Waals surface area contributed by atoms with Crippen molar-refractivity contribution >= 4 is 52.7 Å². The zero-order valence-corrected chi connectivity index (χ0v) is 18.8. The first-order valence-corrected chi connectivity index (χ1v) is 10.9. The van der Waals surface area contributed by atoms with Gasteiger partial charge in [0.2, 0.25) is 0 Å². The third-order valence-electron chi connectivity index (χ3n) is 5.05. The molecule has 2 aliphatic rings. The molecule has 5 nitrogen and oxygen atoms in total. The molecule has 0 saturated carbocycles. The minimum Gasteiger partial charge on any atom is -0.311 e. The van der Waals surface area contributed by atoms with Crippen LogP contribution in [0.3, 0.4) is 0 Å². The maximum Gasteiger partial charge on any atom is 0.136 e. The van der Waals surface area contributed by atoms with Crippen LogP contribution in [0.25, 0.3) is 0 Å². The highest BCUT2D eigenvalue weighted by molar-refractivity contribution is 8.04. The first-order valence-electron chi connectivity index (χ1n) is 9.27. The van der Waals surface area contributed by atoms with Crippen LogP contribution < -0.4 is 21.3 Å². The molecule has 8 heteroatoms. The quantitative estimate of drug-likeness (QED) is 0.670. The lowest BCUT2D eigenvalue weighted by Gasteiger charge is -2.36. The van der Waals surface area contributed by atoms with Crippen LogP contribution in [0, 0.1) is 0 Å². The molecule has 0 radical (unpaired) electrons. The molecule has 2 aliphatic heterocycles. The maximum absolute atomic E-state index is 6.69. The minimum absolute atomic E-state index is 0.0821. The number of hydrogen-bond acceptors (Lipinski definition) is 6. The molecule has 0 bridgehead atoms. The van der Waals surface area contributed by atoms with E-state index in [1.165, 1.54) is 17.3 Å². The Bertz CT molecular complexity index is 977. The Balaban J connectivity index is 1.71. The van der Waals surface area contributed by atoms with Gasteiger partial charge in [-0.15, -0.1) is 0 Å². The molecule has 2 heterocycles. The van der Waals surface area contributed by atoms with Gasteiger partial charge in [-0.25, -0.2) is 4.99 Å². The van der Waals surface area contributed by atoms with Crippen molar-refractivity contribution in [3.8, 4) is 0 Å². The summed E-state index contributed by atoms with van der Waals surface area (Å²) >= 11 is 14.4. The summed E-state index contributed by atoms with van der Waals surface area (Å²) in [4.78, 5) is 8.44. The molecule has 29 heavy (non-hydrogen) atoms. The zero-order chi connectivity index (χ0) is 20.9. The molecular weight excluding hydrogens is 425 g/mol. The van der Waals surface area contributed by atoms with E-state index in [0.717, 1.165) is 16.4 Å². The number of nitrogens with zero attached hydrogens (tertiary/aromatic N) is 3. The Kier molecular flexibility index (Phi) is 5.34. The van der Waals surface area contributed by atoms with Crippen molar-refractivity contribution in [1.29, 1.82) is 0 Å². The number of anilines is 2. The van der Waals surface area contributed by atoms with Crippen LogP contribution >= 0.6 is 35.0 Å². The normalized spacial score (nSPS) is 21.8. The molecule has 4 N–H and O–H groups in total. The van der Waals surface area contributed by atoms with E-state index < -0.39 is 11.7 Å². The molecule has 0 aliphatic carbocycles. The standard InChI is InChI=1S/C21H23Cl2N5S/c1-21(2,3)12-7-9-13(10-8-12)27-11-26-19-17(18(27)24)28(20(25)29-19)16-14(22)5-4-6-15(16)23/h4-11,18,20H,24-25H2,1-3H3. The zero-order valence-electron chi connectivity index (χ0n) is 16.4. The molecular formula is C21H23Cl2N5S. The number of halogens is 2. The largest absolute Gasteiger partial charge is 0.311 e. The van der Waals surface area contributed by atoms with Crippen LogP contribution in [-0.4, -0.2) is 18.0 Å². The van der Waals surface area contributed by atoms with E-state index in [0.29, 0.717) is 15.7 Å². The molecule has 2 aromatic rings. The number of nitrogens with two attached hydrogens (primary N) is 2. The van der Waals surface area contributed by atoms with E-state index in [-0.39, 0.29) is 5.41 Å². The summed E-state index contributed by atoms with van der Waals surface area (Å²) in [5.74, 6) is 0. The SMILES string of the molecule is CC(C)(C)c1ccc(N2C=NC3=C(C2N)N(c2c(Cl)cccc2Cl)C(N)S3)cc1. The second-order valence-electron chi connectivity index (χ2n) is 8.03. The van der Waals surface area contributed by atoms with Gasteiger partial charge in [-0.2, -0.15) is 0 Å². The molecule has 2 unspecified atom stereocenters. The van der Waals surface area contributed by atoms with Gasteiger partial charge in [-0.3, -0.25) is 0 Å². The molecule has 2 atom stereocenters. The van der Waals surface area contributed by atoms with E-state index >= 15 is 0 Å². The molecule has 0 aromatic heterocycles. The van der Waals surface area contributed by atoms with E-state index in [2.05, 4.69) is 50.0 Å². The van der Waals surface area contributed by atoms with Gasteiger partial charge in [0.05, 0.1) is 27.8 Å². The van der Waals surface area contributed by atoms with Gasteiger partial charge in [-0.1, -0.05) is 73.9 Å². The molecule has 0 amide bonds. The fraction of sp³-hybridized carbons (Fsp3) is 0.286. The summed E-state index contributed by atoms with van der Waals surface area (Å²) in [5, 5.41) is 1.82. The predicted molar refractivity (Wildman–Crippen MR) is 126 cm³/mol. The van der Waals surface area contributed by atoms with Crippen LogP contribution in [0.15, 0.2) is 58.2 Å². The van der Waals surface area contributed by atoms with E-state index in [1.807, 2.05) is 9.80 Å². The van der Waals surface area contributed by atoms with Crippen molar-refractivity contribution in [2.75, 3.05) is 9.80 Å². The summed E-state index contributed by atoms with van der Waals surface area (Å²) in [7, 11) is 0. The van der Waals surface area contributed by atoms with E-state index in [1.54, 1.807) is 24.5 Å². The van der Waals surface area contributed by atoms with Crippen LogP contribution in [0.2, 0.25) is 10.0 Å². The summed E-state index contributed by atoms with van der Waals surface area (Å²) in [5.41, 5.74) is 16.4. The fourth-order valence-electron chi connectivity index (χ4n) is 3.48. The summed E-state index contributed by atoms with van der Waals surface area (Å²) in [6.07, 6.45) is 1.28. The number of hydrogen-bond donors (Lipinski definition) is 2. The van der Waals surface area contributed by atoms with E-state index in [4.69, 9.17) is 34.7 Å². The monoisotopic (exact) mass is 447 g/mol. The lowest BCUT2D eigenvalue weighted by Crippen LogP contribution is -2.50. The van der Waals surface area contributed by atoms with Gasteiger partial charge in [0, 0.05) is 5.69 Å². The number of rotatable bonds is 2. The molecule has 0 saturated heterocycles. The third-order valence-corrected chi connectivity index (χ3v) is 6.65. The van der Waals surface area contributed by atoms with Crippen molar-refractivity contribution in [2.24, 2.45) is 16.5 Å². The van der Waals surface area contributed by atoms with Crippen molar-refractivity contribution in [1.82, 2.24) is 0 Å². The van der Waals surface area contributed by atoms with Gasteiger partial charge in [0.25, 0.3) is 0 Å². The number of para-hydroxylation sites is 1. The summed E-state index contributed by atoms with van der Waals surface area (Å²) in [6, 6.07) is 13.8. The predicted octanol–water partition coefficient (Wildman–Crippen LogP) is 5.09. The van der Waals surface area contributed by atoms with Gasteiger partial charge in [0.15, 0.2) is 0 Å². The topological polar surface area (TPSA) is 70.9 Å². The molecule has 4 rings (SSSR count). The van der Waals surface area contributed by atoms with Crippen molar-refractivity contribution in [3.63, 3.8) is 0 Å². The number of benzene rings is 2. The number of thioether (sulfide) groups is 1. The Labute approximate surface area is 185 Å². The van der Waals surface area contributed by atoms with Crippen LogP contribution in [-0.2, 0) is 5.41 Å². The van der Waals surface area contributed by atoms with E-state index in [9.17, 15) is 0 Å². The van der Waals surface area contributed by atoms with Crippen LogP contribution in [0.4, 0.5) is 11.4 Å². The smallest absolute Gasteiger partial charge is 0.136 e. The van der Waals surface area contributed by atoms with Crippen molar-refractivity contribution in [3.05, 3.63) is 68.8 Å². The lowest BCUT2D eigenvalue weighted by molar-refractivity contribution is 0.590. The molecule has 152 valence electrons. The average molecular weight is 448 g/mol. The first-order chi connectivity index (χ1) is 13.7. The Morgan fingerprint density at radius 3 is 2.21 bits per heavy atom. The second kappa shape index (κ2) is 7.52. The Morgan fingerprint density at radius 2 is 1.62 bits per heavy atom. The Hall–Kier alpha value is -1.70. The first kappa shape index (κ1) is 20.6. The summed E-state index contributed by atoms with van der Waals surface area (Å²) in [6.45, 7) is 6.57. The second-order valence-corrected chi connectivity index (χ2v) is 9.95. The molecule has 0 spiro atoms. The highest BCUT2D eigenvalue weighted by atomic mass is 35.5. The highest BCUT2D eigenvalue weighted by Crippen LogP contribution is 2.47.